The van der Waals surface area contributed by atoms with E-state index >= 15 is 0 Å². The molecule has 0 aliphatic heterocycles. The molecule has 6 heteroatoms. The van der Waals surface area contributed by atoms with Crippen molar-refractivity contribution >= 4 is 0 Å². The number of halogens is 3. The van der Waals surface area contributed by atoms with E-state index in [0.29, 0.717) is 11.1 Å². The van der Waals surface area contributed by atoms with Gasteiger partial charge in [-0.05, 0) is 23.8 Å². The lowest BCUT2D eigenvalue weighted by Gasteiger charge is -2.11. The number of hydrogen-bond donors (Lipinski definition) is 1. The summed E-state index contributed by atoms with van der Waals surface area (Å²) in [6.07, 6.45) is -2.05. The molecule has 0 bridgehead atoms. The van der Waals surface area contributed by atoms with E-state index in [1.54, 1.807) is 6.07 Å². The number of hydrogen-bond acceptors (Lipinski definition) is 3. The molecular formula is C13H11F3N2O. The van der Waals surface area contributed by atoms with Crippen LogP contribution in [0.2, 0.25) is 0 Å². The van der Waals surface area contributed by atoms with Crippen LogP contribution in [-0.2, 0) is 12.6 Å². The van der Waals surface area contributed by atoms with Crippen LogP contribution >= 0.6 is 0 Å². The van der Waals surface area contributed by atoms with E-state index < -0.39 is 17.8 Å². The Morgan fingerprint density at radius 3 is 2.26 bits per heavy atom. The monoisotopic (exact) mass is 268 g/mol. The van der Waals surface area contributed by atoms with Crippen molar-refractivity contribution in [2.75, 3.05) is 0 Å². The van der Waals surface area contributed by atoms with Gasteiger partial charge in [0, 0.05) is 18.2 Å². The van der Waals surface area contributed by atoms with Crippen molar-refractivity contribution < 1.29 is 18.3 Å². The minimum absolute atomic E-state index is 0.226. The second-order valence-corrected chi connectivity index (χ2v) is 4.09. The van der Waals surface area contributed by atoms with E-state index in [9.17, 15) is 18.3 Å². The zero-order valence-electron chi connectivity index (χ0n) is 9.80. The number of aliphatic hydroxyl groups excluding tert-OH is 1. The Hall–Kier alpha value is -1.95. The van der Waals surface area contributed by atoms with E-state index in [1.807, 2.05) is 0 Å². The number of alkyl halides is 3. The molecule has 0 radical (unpaired) electrons. The SMILES string of the molecule is OC(Cc1ccc(C(F)(F)F)cc1)c1ccnnc1. The minimum Gasteiger partial charge on any atom is -0.388 e. The van der Waals surface area contributed by atoms with Crippen molar-refractivity contribution in [2.24, 2.45) is 0 Å². The molecule has 0 spiro atoms. The molecule has 0 amide bonds. The summed E-state index contributed by atoms with van der Waals surface area (Å²) in [5, 5.41) is 17.1. The van der Waals surface area contributed by atoms with Gasteiger partial charge in [0.1, 0.15) is 0 Å². The topological polar surface area (TPSA) is 46.0 Å². The molecule has 1 unspecified atom stereocenters. The van der Waals surface area contributed by atoms with Gasteiger partial charge in [-0.15, -0.1) is 0 Å². The van der Waals surface area contributed by atoms with Crippen molar-refractivity contribution in [3.05, 3.63) is 59.4 Å². The summed E-state index contributed by atoms with van der Waals surface area (Å²) in [7, 11) is 0. The average Bonchev–Trinajstić information content (AvgIpc) is 2.39. The number of aliphatic hydroxyl groups is 1. The minimum atomic E-state index is -4.34. The zero-order chi connectivity index (χ0) is 13.9. The van der Waals surface area contributed by atoms with Gasteiger partial charge in [-0.1, -0.05) is 12.1 Å². The maximum atomic E-state index is 12.4. The first-order valence-corrected chi connectivity index (χ1v) is 5.57. The summed E-state index contributed by atoms with van der Waals surface area (Å²) >= 11 is 0. The largest absolute Gasteiger partial charge is 0.416 e. The molecule has 1 aromatic carbocycles. The van der Waals surface area contributed by atoms with Gasteiger partial charge in [0.2, 0.25) is 0 Å². The molecule has 1 aromatic heterocycles. The lowest BCUT2D eigenvalue weighted by molar-refractivity contribution is -0.137. The highest BCUT2D eigenvalue weighted by molar-refractivity contribution is 5.26. The van der Waals surface area contributed by atoms with Gasteiger partial charge in [-0.3, -0.25) is 0 Å². The highest BCUT2D eigenvalue weighted by Crippen LogP contribution is 2.29. The van der Waals surface area contributed by atoms with Crippen molar-refractivity contribution in [1.82, 2.24) is 10.2 Å². The quantitative estimate of drug-likeness (QED) is 0.931. The standard InChI is InChI=1S/C13H11F3N2O/c14-13(15,16)11-3-1-9(2-4-11)7-12(19)10-5-6-17-18-8-10/h1-6,8,12,19H,7H2. The van der Waals surface area contributed by atoms with Crippen molar-refractivity contribution in [1.29, 1.82) is 0 Å². The van der Waals surface area contributed by atoms with Crippen LogP contribution in [0.3, 0.4) is 0 Å². The summed E-state index contributed by atoms with van der Waals surface area (Å²) in [6.45, 7) is 0. The summed E-state index contributed by atoms with van der Waals surface area (Å²) < 4.78 is 37.1. The molecule has 1 heterocycles. The van der Waals surface area contributed by atoms with Crippen LogP contribution in [0.5, 0.6) is 0 Å². The maximum absolute atomic E-state index is 12.4. The molecule has 3 nitrogen and oxygen atoms in total. The third-order valence-electron chi connectivity index (χ3n) is 2.70. The lowest BCUT2D eigenvalue weighted by Crippen LogP contribution is -2.06. The normalized spacial score (nSPS) is 13.3. The van der Waals surface area contributed by atoms with Crippen LogP contribution in [0.25, 0.3) is 0 Å². The van der Waals surface area contributed by atoms with Gasteiger partial charge in [-0.2, -0.15) is 23.4 Å². The Balaban J connectivity index is 2.08. The molecule has 19 heavy (non-hydrogen) atoms. The van der Waals surface area contributed by atoms with Crippen LogP contribution in [0.1, 0.15) is 22.8 Å². The fourth-order valence-electron chi connectivity index (χ4n) is 1.67. The highest BCUT2D eigenvalue weighted by Gasteiger charge is 2.29. The number of nitrogens with zero attached hydrogens (tertiary/aromatic N) is 2. The first-order valence-electron chi connectivity index (χ1n) is 5.57. The van der Waals surface area contributed by atoms with Gasteiger partial charge in [0.15, 0.2) is 0 Å². The molecule has 0 saturated carbocycles. The fraction of sp³-hybridized carbons (Fsp3) is 0.231. The van der Waals surface area contributed by atoms with E-state index in [2.05, 4.69) is 10.2 Å². The van der Waals surface area contributed by atoms with Crippen LogP contribution in [0.4, 0.5) is 13.2 Å². The smallest absolute Gasteiger partial charge is 0.388 e. The average molecular weight is 268 g/mol. The third-order valence-corrected chi connectivity index (χ3v) is 2.70. The molecule has 2 rings (SSSR count). The first-order chi connectivity index (χ1) is 8.97. The van der Waals surface area contributed by atoms with Crippen molar-refractivity contribution in [3.8, 4) is 0 Å². The molecule has 2 aromatic rings. The fourth-order valence-corrected chi connectivity index (χ4v) is 1.67. The van der Waals surface area contributed by atoms with E-state index in [1.165, 1.54) is 24.5 Å². The van der Waals surface area contributed by atoms with E-state index in [4.69, 9.17) is 0 Å². The van der Waals surface area contributed by atoms with Gasteiger partial charge in [0.05, 0.1) is 17.9 Å². The predicted octanol–water partition coefficient (Wildman–Crippen LogP) is 2.77. The predicted molar refractivity (Wildman–Crippen MR) is 62.1 cm³/mol. The molecule has 0 aliphatic carbocycles. The van der Waals surface area contributed by atoms with Crippen LogP contribution in [0, 0.1) is 0 Å². The van der Waals surface area contributed by atoms with E-state index in [-0.39, 0.29) is 6.42 Å². The van der Waals surface area contributed by atoms with E-state index in [0.717, 1.165) is 12.1 Å². The summed E-state index contributed by atoms with van der Waals surface area (Å²) in [4.78, 5) is 0. The Morgan fingerprint density at radius 1 is 1.05 bits per heavy atom. The molecule has 100 valence electrons. The Kier molecular flexibility index (Phi) is 3.80. The molecule has 1 N–H and O–H groups in total. The van der Waals surface area contributed by atoms with Gasteiger partial charge < -0.3 is 5.11 Å². The maximum Gasteiger partial charge on any atom is 0.416 e. The lowest BCUT2D eigenvalue weighted by atomic mass is 10.0. The number of aromatic nitrogens is 2. The van der Waals surface area contributed by atoms with Gasteiger partial charge in [-0.25, -0.2) is 0 Å². The Labute approximate surface area is 107 Å². The second-order valence-electron chi connectivity index (χ2n) is 4.09. The first kappa shape index (κ1) is 13.5. The molecule has 0 saturated heterocycles. The summed E-state index contributed by atoms with van der Waals surface area (Å²) in [5.41, 5.74) is 0.503. The Bertz CT molecular complexity index is 526. The number of rotatable bonds is 3. The zero-order valence-corrected chi connectivity index (χ0v) is 9.80. The second kappa shape index (κ2) is 5.36. The molecule has 0 fully saturated rings. The van der Waals surface area contributed by atoms with Crippen molar-refractivity contribution in [2.45, 2.75) is 18.7 Å². The third kappa shape index (κ3) is 3.51. The summed E-state index contributed by atoms with van der Waals surface area (Å²) in [6, 6.07) is 6.35. The highest BCUT2D eigenvalue weighted by atomic mass is 19.4. The molecular weight excluding hydrogens is 257 g/mol. The summed E-state index contributed by atoms with van der Waals surface area (Å²) in [5.74, 6) is 0. The Morgan fingerprint density at radius 2 is 1.74 bits per heavy atom. The number of benzene rings is 1. The van der Waals surface area contributed by atoms with Gasteiger partial charge in [0.25, 0.3) is 0 Å². The van der Waals surface area contributed by atoms with Gasteiger partial charge >= 0.3 is 6.18 Å². The molecule has 1 atom stereocenters. The van der Waals surface area contributed by atoms with Crippen LogP contribution in [-0.4, -0.2) is 15.3 Å². The molecule has 0 aliphatic rings. The van der Waals surface area contributed by atoms with Crippen LogP contribution in [0.15, 0.2) is 42.7 Å². The van der Waals surface area contributed by atoms with Crippen molar-refractivity contribution in [3.63, 3.8) is 0 Å². The van der Waals surface area contributed by atoms with Crippen LogP contribution < -0.4 is 0 Å².